The van der Waals surface area contributed by atoms with E-state index in [0.717, 1.165) is 11.3 Å². The minimum Gasteiger partial charge on any atom is -0.494 e. The molecule has 0 aliphatic carbocycles. The van der Waals surface area contributed by atoms with E-state index in [-0.39, 0.29) is 5.02 Å². The normalized spacial score (nSPS) is 12.2. The molecule has 1 nitrogen and oxygen atoms in total. The highest BCUT2D eigenvalue weighted by atomic mass is 35.5. The van der Waals surface area contributed by atoms with Crippen LogP contribution in [0.5, 0.6) is 5.75 Å². The van der Waals surface area contributed by atoms with Crippen molar-refractivity contribution in [2.24, 2.45) is 0 Å². The van der Waals surface area contributed by atoms with Crippen molar-refractivity contribution in [3.63, 3.8) is 0 Å². The first-order valence-corrected chi connectivity index (χ1v) is 6.75. The monoisotopic (exact) mass is 298 g/mol. The van der Waals surface area contributed by atoms with Gasteiger partial charge in [0, 0.05) is 0 Å². The third-order valence-electron chi connectivity index (χ3n) is 2.74. The zero-order chi connectivity index (χ0) is 13.8. The van der Waals surface area contributed by atoms with Crippen LogP contribution in [0.15, 0.2) is 42.5 Å². The smallest absolute Gasteiger partial charge is 0.142 e. The summed E-state index contributed by atoms with van der Waals surface area (Å²) in [6.07, 6.45) is 0. The Morgan fingerprint density at radius 2 is 1.84 bits per heavy atom. The first kappa shape index (κ1) is 14.2. The van der Waals surface area contributed by atoms with E-state index in [4.69, 9.17) is 27.9 Å². The van der Waals surface area contributed by atoms with Crippen LogP contribution in [0.3, 0.4) is 0 Å². The van der Waals surface area contributed by atoms with Crippen LogP contribution in [-0.2, 0) is 0 Å². The van der Waals surface area contributed by atoms with Crippen LogP contribution in [0.2, 0.25) is 5.02 Å². The van der Waals surface area contributed by atoms with Crippen LogP contribution >= 0.6 is 23.2 Å². The molecule has 4 heteroatoms. The fourth-order valence-electron chi connectivity index (χ4n) is 1.80. The molecule has 0 saturated carbocycles. The predicted molar refractivity (Wildman–Crippen MR) is 76.7 cm³/mol. The number of ether oxygens (including phenoxy) is 1. The third-order valence-corrected chi connectivity index (χ3v) is 3.62. The minimum atomic E-state index is -0.487. The molecule has 0 heterocycles. The van der Waals surface area contributed by atoms with Crippen molar-refractivity contribution in [2.45, 2.75) is 12.3 Å². The molecule has 2 aromatic rings. The summed E-state index contributed by atoms with van der Waals surface area (Å²) in [5, 5.41) is -0.421. The molecular weight excluding hydrogens is 286 g/mol. The second kappa shape index (κ2) is 6.27. The lowest BCUT2D eigenvalue weighted by Crippen LogP contribution is -1.97. The molecule has 100 valence electrons. The first-order valence-electron chi connectivity index (χ1n) is 5.94. The summed E-state index contributed by atoms with van der Waals surface area (Å²) >= 11 is 12.3. The van der Waals surface area contributed by atoms with E-state index < -0.39 is 11.2 Å². The molecule has 0 amide bonds. The van der Waals surface area contributed by atoms with Gasteiger partial charge in [0.1, 0.15) is 11.6 Å². The van der Waals surface area contributed by atoms with Crippen LogP contribution in [0.1, 0.15) is 23.4 Å². The lowest BCUT2D eigenvalue weighted by molar-refractivity contribution is 0.340. The molecule has 19 heavy (non-hydrogen) atoms. The van der Waals surface area contributed by atoms with Crippen molar-refractivity contribution in [1.29, 1.82) is 0 Å². The number of halogens is 3. The van der Waals surface area contributed by atoms with E-state index in [9.17, 15) is 4.39 Å². The highest BCUT2D eigenvalue weighted by molar-refractivity contribution is 6.33. The summed E-state index contributed by atoms with van der Waals surface area (Å²) in [7, 11) is 0. The lowest BCUT2D eigenvalue weighted by Gasteiger charge is -2.13. The van der Waals surface area contributed by atoms with Gasteiger partial charge in [0.05, 0.1) is 17.0 Å². The van der Waals surface area contributed by atoms with Gasteiger partial charge >= 0.3 is 0 Å². The summed E-state index contributed by atoms with van der Waals surface area (Å²) in [5.74, 6) is 0.316. The van der Waals surface area contributed by atoms with Gasteiger partial charge in [-0.25, -0.2) is 4.39 Å². The Balaban J connectivity index is 2.28. The van der Waals surface area contributed by atoms with Crippen molar-refractivity contribution < 1.29 is 9.13 Å². The van der Waals surface area contributed by atoms with Crippen molar-refractivity contribution in [1.82, 2.24) is 0 Å². The number of hydrogen-bond donors (Lipinski definition) is 0. The summed E-state index contributed by atoms with van der Waals surface area (Å²) in [6.45, 7) is 2.53. The molecule has 1 atom stereocenters. The quantitative estimate of drug-likeness (QED) is 0.704. The molecule has 0 fully saturated rings. The zero-order valence-electron chi connectivity index (χ0n) is 10.4. The maximum absolute atomic E-state index is 13.4. The van der Waals surface area contributed by atoms with Crippen molar-refractivity contribution >= 4 is 23.2 Å². The van der Waals surface area contributed by atoms with Gasteiger partial charge in [-0.3, -0.25) is 0 Å². The Labute approximate surface area is 121 Å². The Morgan fingerprint density at radius 3 is 2.47 bits per heavy atom. The predicted octanol–water partition coefficient (Wildman–Crippen LogP) is 5.21. The van der Waals surface area contributed by atoms with Crippen molar-refractivity contribution in [3.8, 4) is 5.75 Å². The molecule has 0 N–H and O–H groups in total. The largest absolute Gasteiger partial charge is 0.494 e. The topological polar surface area (TPSA) is 9.23 Å². The van der Waals surface area contributed by atoms with Gasteiger partial charge in [0.15, 0.2) is 0 Å². The fourth-order valence-corrected chi connectivity index (χ4v) is 2.41. The molecule has 0 aromatic heterocycles. The molecule has 0 spiro atoms. The van der Waals surface area contributed by atoms with Gasteiger partial charge in [-0.05, 0) is 36.2 Å². The molecule has 0 saturated heterocycles. The second-order valence-corrected chi connectivity index (χ2v) is 4.82. The Bertz CT molecular complexity index is 555. The standard InChI is InChI=1S/C15H13Cl2FO/c1-2-19-11-8-6-10(7-9-11)14(16)12-4-3-5-13(18)15(12)17/h3-9,14H,2H2,1H3. The molecule has 1 unspecified atom stereocenters. The molecule has 0 radical (unpaired) electrons. The van der Waals surface area contributed by atoms with Gasteiger partial charge in [-0.1, -0.05) is 35.9 Å². The van der Waals surface area contributed by atoms with Crippen LogP contribution in [0.4, 0.5) is 4.39 Å². The third kappa shape index (κ3) is 3.20. The van der Waals surface area contributed by atoms with Gasteiger partial charge in [0.25, 0.3) is 0 Å². The van der Waals surface area contributed by atoms with Crippen LogP contribution in [0.25, 0.3) is 0 Å². The van der Waals surface area contributed by atoms with Crippen LogP contribution in [0, 0.1) is 5.82 Å². The maximum atomic E-state index is 13.4. The SMILES string of the molecule is CCOc1ccc(C(Cl)c2cccc(F)c2Cl)cc1. The van der Waals surface area contributed by atoms with Gasteiger partial charge < -0.3 is 4.74 Å². The van der Waals surface area contributed by atoms with E-state index in [1.165, 1.54) is 6.07 Å². The van der Waals surface area contributed by atoms with E-state index in [1.54, 1.807) is 12.1 Å². The van der Waals surface area contributed by atoms with Crippen molar-refractivity contribution in [2.75, 3.05) is 6.61 Å². The van der Waals surface area contributed by atoms with E-state index in [0.29, 0.717) is 12.2 Å². The Morgan fingerprint density at radius 1 is 1.16 bits per heavy atom. The van der Waals surface area contributed by atoms with Gasteiger partial charge in [0.2, 0.25) is 0 Å². The van der Waals surface area contributed by atoms with E-state index >= 15 is 0 Å². The van der Waals surface area contributed by atoms with Crippen LogP contribution < -0.4 is 4.74 Å². The maximum Gasteiger partial charge on any atom is 0.142 e. The second-order valence-electron chi connectivity index (χ2n) is 4.01. The Kier molecular flexibility index (Phi) is 4.67. The average Bonchev–Trinajstić information content (AvgIpc) is 2.42. The molecule has 2 rings (SSSR count). The fraction of sp³-hybridized carbons (Fsp3) is 0.200. The molecule has 0 bridgehead atoms. The summed E-state index contributed by atoms with van der Waals surface area (Å²) in [6, 6.07) is 12.0. The number of benzene rings is 2. The van der Waals surface area contributed by atoms with Gasteiger partial charge in [-0.2, -0.15) is 0 Å². The minimum absolute atomic E-state index is 0.0661. The first-order chi connectivity index (χ1) is 9.13. The lowest BCUT2D eigenvalue weighted by atomic mass is 10.0. The van der Waals surface area contributed by atoms with Crippen molar-refractivity contribution in [3.05, 3.63) is 64.4 Å². The van der Waals surface area contributed by atoms with Gasteiger partial charge in [-0.15, -0.1) is 11.6 Å². The highest BCUT2D eigenvalue weighted by Gasteiger charge is 2.16. The molecular formula is C15H13Cl2FO. The molecule has 0 aliphatic heterocycles. The summed E-state index contributed by atoms with van der Waals surface area (Å²) in [4.78, 5) is 0. The summed E-state index contributed by atoms with van der Waals surface area (Å²) < 4.78 is 18.8. The molecule has 0 aliphatic rings. The highest BCUT2D eigenvalue weighted by Crippen LogP contribution is 2.35. The number of rotatable bonds is 4. The average molecular weight is 299 g/mol. The summed E-state index contributed by atoms with van der Waals surface area (Å²) in [5.41, 5.74) is 1.41. The number of hydrogen-bond acceptors (Lipinski definition) is 1. The van der Waals surface area contributed by atoms with E-state index in [2.05, 4.69) is 0 Å². The zero-order valence-corrected chi connectivity index (χ0v) is 11.9. The molecule has 2 aromatic carbocycles. The number of alkyl halides is 1. The Hall–Kier alpha value is -1.25. The van der Waals surface area contributed by atoms with Crippen LogP contribution in [-0.4, -0.2) is 6.61 Å². The van der Waals surface area contributed by atoms with E-state index in [1.807, 2.05) is 31.2 Å².